The van der Waals surface area contributed by atoms with Crippen LogP contribution in [-0.2, 0) is 19.6 Å². The zero-order chi connectivity index (χ0) is 19.1. The van der Waals surface area contributed by atoms with Gasteiger partial charge in [-0.15, -0.1) is 0 Å². The van der Waals surface area contributed by atoms with Gasteiger partial charge in [0, 0.05) is 19.5 Å². The van der Waals surface area contributed by atoms with Crippen molar-refractivity contribution in [3.05, 3.63) is 29.8 Å². The van der Waals surface area contributed by atoms with Crippen LogP contribution in [-0.4, -0.2) is 71.0 Å². The molecule has 1 aromatic carbocycles. The molecule has 2 aliphatic rings. The molecule has 1 amide bonds. The van der Waals surface area contributed by atoms with E-state index in [0.717, 1.165) is 14.8 Å². The molecule has 2 heterocycles. The minimum atomic E-state index is -3.85. The van der Waals surface area contributed by atoms with Crippen molar-refractivity contribution in [1.82, 2.24) is 9.21 Å². The zero-order valence-electron chi connectivity index (χ0n) is 14.4. The van der Waals surface area contributed by atoms with E-state index in [0.29, 0.717) is 12.8 Å². The monoisotopic (exact) mass is 382 g/mol. The number of carboxylic acids is 1. The SMILES string of the molecule is Cc1ccc(S(=O)(=O)N2CCC[C@H]2C(=O)N2C[C@H](O)C[C@H]2C(=O)O)cc1. The molecule has 0 aliphatic carbocycles. The van der Waals surface area contributed by atoms with Gasteiger partial charge >= 0.3 is 5.97 Å². The molecule has 3 atom stereocenters. The van der Waals surface area contributed by atoms with Crippen molar-refractivity contribution in [1.29, 1.82) is 0 Å². The third kappa shape index (κ3) is 3.34. The largest absolute Gasteiger partial charge is 0.480 e. The van der Waals surface area contributed by atoms with Crippen LogP contribution in [0.15, 0.2) is 29.2 Å². The van der Waals surface area contributed by atoms with Crippen molar-refractivity contribution < 1.29 is 28.2 Å². The van der Waals surface area contributed by atoms with Crippen LogP contribution in [0.25, 0.3) is 0 Å². The van der Waals surface area contributed by atoms with Crippen LogP contribution < -0.4 is 0 Å². The van der Waals surface area contributed by atoms with E-state index in [4.69, 9.17) is 0 Å². The van der Waals surface area contributed by atoms with Gasteiger partial charge in [-0.1, -0.05) is 17.7 Å². The first-order chi connectivity index (χ1) is 12.2. The lowest BCUT2D eigenvalue weighted by molar-refractivity contribution is -0.149. The lowest BCUT2D eigenvalue weighted by atomic mass is 10.1. The molecular weight excluding hydrogens is 360 g/mol. The highest BCUT2D eigenvalue weighted by Gasteiger charge is 2.46. The van der Waals surface area contributed by atoms with Crippen LogP contribution in [0.5, 0.6) is 0 Å². The molecule has 8 nitrogen and oxygen atoms in total. The molecule has 2 aliphatic heterocycles. The van der Waals surface area contributed by atoms with Crippen LogP contribution in [0.3, 0.4) is 0 Å². The van der Waals surface area contributed by atoms with Gasteiger partial charge in [-0.05, 0) is 31.9 Å². The predicted molar refractivity (Wildman–Crippen MR) is 91.9 cm³/mol. The van der Waals surface area contributed by atoms with E-state index in [1.807, 2.05) is 6.92 Å². The number of aliphatic hydroxyl groups excluding tert-OH is 1. The number of nitrogens with zero attached hydrogens (tertiary/aromatic N) is 2. The average molecular weight is 382 g/mol. The third-order valence-corrected chi connectivity index (χ3v) is 6.89. The Bertz CT molecular complexity index is 807. The topological polar surface area (TPSA) is 115 Å². The fourth-order valence-electron chi connectivity index (χ4n) is 3.60. The summed E-state index contributed by atoms with van der Waals surface area (Å²) in [6, 6.07) is 4.33. The van der Waals surface area contributed by atoms with Gasteiger partial charge in [0.15, 0.2) is 0 Å². The first-order valence-corrected chi connectivity index (χ1v) is 9.95. The molecule has 2 saturated heterocycles. The van der Waals surface area contributed by atoms with Gasteiger partial charge in [0.1, 0.15) is 12.1 Å². The second-order valence-corrected chi connectivity index (χ2v) is 8.71. The van der Waals surface area contributed by atoms with Crippen LogP contribution in [0.1, 0.15) is 24.8 Å². The van der Waals surface area contributed by atoms with Crippen LogP contribution in [0.2, 0.25) is 0 Å². The summed E-state index contributed by atoms with van der Waals surface area (Å²) < 4.78 is 27.0. The van der Waals surface area contributed by atoms with Gasteiger partial charge < -0.3 is 15.1 Å². The molecule has 0 radical (unpaired) electrons. The second-order valence-electron chi connectivity index (χ2n) is 6.82. The van der Waals surface area contributed by atoms with E-state index < -0.39 is 40.1 Å². The summed E-state index contributed by atoms with van der Waals surface area (Å²) in [5.41, 5.74) is 0.924. The molecule has 0 saturated carbocycles. The molecule has 142 valence electrons. The number of carbonyl (C=O) groups excluding carboxylic acids is 1. The maximum Gasteiger partial charge on any atom is 0.326 e. The van der Waals surface area contributed by atoms with E-state index in [2.05, 4.69) is 0 Å². The molecule has 0 bridgehead atoms. The summed E-state index contributed by atoms with van der Waals surface area (Å²) in [5, 5.41) is 19.0. The average Bonchev–Trinajstić information content (AvgIpc) is 3.21. The number of aryl methyl sites for hydroxylation is 1. The Morgan fingerprint density at radius 2 is 1.81 bits per heavy atom. The minimum Gasteiger partial charge on any atom is -0.480 e. The van der Waals surface area contributed by atoms with Crippen LogP contribution in [0, 0.1) is 6.92 Å². The standard InChI is InChI=1S/C17H22N2O6S/c1-11-4-6-13(7-5-11)26(24,25)19-8-2-3-14(19)16(21)18-10-12(20)9-15(18)17(22)23/h4-7,12,14-15,20H,2-3,8-10H2,1H3,(H,22,23)/t12-,14+,15+/m1/s1. The quantitative estimate of drug-likeness (QED) is 0.768. The number of carboxylic acid groups (broad SMARTS) is 1. The Kier molecular flexibility index (Phi) is 5.05. The Balaban J connectivity index is 1.87. The Hall–Kier alpha value is -1.97. The summed E-state index contributed by atoms with van der Waals surface area (Å²) in [6.07, 6.45) is -0.0969. The first kappa shape index (κ1) is 18.8. The predicted octanol–water partition coefficient (Wildman–Crippen LogP) is 0.195. The number of rotatable bonds is 4. The molecule has 1 aromatic rings. The summed E-state index contributed by atoms with van der Waals surface area (Å²) in [4.78, 5) is 25.5. The molecule has 26 heavy (non-hydrogen) atoms. The number of amides is 1. The molecule has 0 aromatic heterocycles. The van der Waals surface area contributed by atoms with Crippen molar-refractivity contribution >= 4 is 21.9 Å². The summed E-state index contributed by atoms with van der Waals surface area (Å²) >= 11 is 0. The molecule has 0 unspecified atom stereocenters. The van der Waals surface area contributed by atoms with Crippen LogP contribution in [0.4, 0.5) is 0 Å². The van der Waals surface area contributed by atoms with Gasteiger partial charge in [-0.2, -0.15) is 4.31 Å². The first-order valence-electron chi connectivity index (χ1n) is 8.51. The molecule has 2 N–H and O–H groups in total. The third-order valence-electron chi connectivity index (χ3n) is 4.96. The number of sulfonamides is 1. The number of benzene rings is 1. The summed E-state index contributed by atoms with van der Waals surface area (Å²) in [5.74, 6) is -1.75. The maximum atomic E-state index is 12.9. The second kappa shape index (κ2) is 6.98. The number of β-amino-alcohol motifs (C(OH)–C–C–N with tert-alkyl or cyclic N) is 1. The Morgan fingerprint density at radius 1 is 1.15 bits per heavy atom. The Morgan fingerprint density at radius 3 is 2.42 bits per heavy atom. The Labute approximate surface area is 152 Å². The number of aliphatic hydroxyl groups is 1. The normalized spacial score (nSPS) is 27.0. The highest BCUT2D eigenvalue weighted by atomic mass is 32.2. The van der Waals surface area contributed by atoms with Crippen molar-refractivity contribution in [2.75, 3.05) is 13.1 Å². The number of carbonyl (C=O) groups is 2. The summed E-state index contributed by atoms with van der Waals surface area (Å²) in [6.45, 7) is 1.97. The molecular formula is C17H22N2O6S. The van der Waals surface area contributed by atoms with Gasteiger partial charge in [0.05, 0.1) is 11.0 Å². The van der Waals surface area contributed by atoms with Crippen molar-refractivity contribution in [2.24, 2.45) is 0 Å². The molecule has 2 fully saturated rings. The molecule has 9 heteroatoms. The van der Waals surface area contributed by atoms with E-state index in [9.17, 15) is 28.2 Å². The van der Waals surface area contributed by atoms with Gasteiger partial charge in [0.2, 0.25) is 15.9 Å². The summed E-state index contributed by atoms with van der Waals surface area (Å²) in [7, 11) is -3.85. The van der Waals surface area contributed by atoms with Gasteiger partial charge in [-0.25, -0.2) is 13.2 Å². The molecule has 3 rings (SSSR count). The van der Waals surface area contributed by atoms with Crippen LogP contribution >= 0.6 is 0 Å². The maximum absolute atomic E-state index is 12.9. The van der Waals surface area contributed by atoms with E-state index in [1.165, 1.54) is 12.1 Å². The van der Waals surface area contributed by atoms with Gasteiger partial charge in [0.25, 0.3) is 0 Å². The number of likely N-dealkylation sites (tertiary alicyclic amines) is 1. The lowest BCUT2D eigenvalue weighted by Gasteiger charge is -2.29. The molecule has 0 spiro atoms. The highest BCUT2D eigenvalue weighted by molar-refractivity contribution is 7.89. The van der Waals surface area contributed by atoms with E-state index in [1.54, 1.807) is 12.1 Å². The van der Waals surface area contributed by atoms with Crippen molar-refractivity contribution in [3.8, 4) is 0 Å². The van der Waals surface area contributed by atoms with E-state index >= 15 is 0 Å². The minimum absolute atomic E-state index is 0.0431. The highest BCUT2D eigenvalue weighted by Crippen LogP contribution is 2.30. The zero-order valence-corrected chi connectivity index (χ0v) is 15.2. The fraction of sp³-hybridized carbons (Fsp3) is 0.529. The van der Waals surface area contributed by atoms with E-state index in [-0.39, 0.29) is 24.4 Å². The lowest BCUT2D eigenvalue weighted by Crippen LogP contribution is -2.51. The number of hydrogen-bond donors (Lipinski definition) is 2. The van der Waals surface area contributed by atoms with Gasteiger partial charge in [-0.3, -0.25) is 4.79 Å². The smallest absolute Gasteiger partial charge is 0.326 e. The van der Waals surface area contributed by atoms with Crippen molar-refractivity contribution in [2.45, 2.75) is 49.3 Å². The number of hydrogen-bond acceptors (Lipinski definition) is 5. The number of aliphatic carboxylic acids is 1. The fourth-order valence-corrected chi connectivity index (χ4v) is 5.25. The van der Waals surface area contributed by atoms with Crippen molar-refractivity contribution in [3.63, 3.8) is 0 Å².